The Balaban J connectivity index is 2.31. The smallest absolute Gasteiger partial charge is 0.226 e. The average molecular weight is 267 g/mol. The molecule has 0 fully saturated rings. The van der Waals surface area contributed by atoms with Crippen molar-refractivity contribution in [2.24, 2.45) is 5.92 Å². The van der Waals surface area contributed by atoms with Crippen molar-refractivity contribution in [2.45, 2.75) is 31.6 Å². The molecule has 0 aromatic heterocycles. The molecule has 0 spiro atoms. The van der Waals surface area contributed by atoms with E-state index < -0.39 is 9.84 Å². The van der Waals surface area contributed by atoms with Crippen LogP contribution >= 0.6 is 0 Å². The lowest BCUT2D eigenvalue weighted by molar-refractivity contribution is -0.118. The van der Waals surface area contributed by atoms with Crippen molar-refractivity contribution in [1.82, 2.24) is 0 Å². The van der Waals surface area contributed by atoms with Gasteiger partial charge in [0.15, 0.2) is 9.84 Å². The molecule has 1 heterocycles. The maximum Gasteiger partial charge on any atom is 0.226 e. The maximum absolute atomic E-state index is 11.8. The van der Waals surface area contributed by atoms with Crippen molar-refractivity contribution in [1.29, 1.82) is 0 Å². The number of amides is 1. The molecule has 1 aliphatic heterocycles. The molecule has 1 aromatic rings. The number of fused-ring (bicyclic) bond motifs is 1. The van der Waals surface area contributed by atoms with Crippen molar-refractivity contribution < 1.29 is 13.2 Å². The minimum atomic E-state index is -3.12. The second kappa shape index (κ2) is 4.72. The van der Waals surface area contributed by atoms with E-state index >= 15 is 0 Å². The van der Waals surface area contributed by atoms with Crippen LogP contribution in [0.1, 0.15) is 25.8 Å². The Morgan fingerprint density at radius 1 is 1.33 bits per heavy atom. The van der Waals surface area contributed by atoms with Crippen LogP contribution in [0.25, 0.3) is 0 Å². The SMILES string of the molecule is CC(C)C(=O)Nc1ccc2c(c1)CCCS2(=O)=O. The van der Waals surface area contributed by atoms with Gasteiger partial charge < -0.3 is 5.32 Å². The van der Waals surface area contributed by atoms with Gasteiger partial charge in [0.1, 0.15) is 0 Å². The molecule has 1 aliphatic rings. The molecule has 18 heavy (non-hydrogen) atoms. The highest BCUT2D eigenvalue weighted by Gasteiger charge is 2.23. The van der Waals surface area contributed by atoms with Gasteiger partial charge in [0.05, 0.1) is 10.6 Å². The number of hydrogen-bond donors (Lipinski definition) is 1. The van der Waals surface area contributed by atoms with Gasteiger partial charge in [0.2, 0.25) is 5.91 Å². The van der Waals surface area contributed by atoms with E-state index in [9.17, 15) is 13.2 Å². The van der Waals surface area contributed by atoms with Crippen molar-refractivity contribution in [2.75, 3.05) is 11.1 Å². The molecule has 0 bridgehead atoms. The van der Waals surface area contributed by atoms with Crippen LogP contribution in [0.5, 0.6) is 0 Å². The zero-order valence-corrected chi connectivity index (χ0v) is 11.4. The Morgan fingerprint density at radius 3 is 2.72 bits per heavy atom. The number of aryl methyl sites for hydroxylation is 1. The first-order valence-corrected chi connectivity index (χ1v) is 7.72. The number of sulfone groups is 1. The molecular formula is C13H17NO3S. The van der Waals surface area contributed by atoms with Crippen LogP contribution in [-0.4, -0.2) is 20.1 Å². The first-order chi connectivity index (χ1) is 8.40. The lowest BCUT2D eigenvalue weighted by Gasteiger charge is -2.17. The number of carbonyl (C=O) groups is 1. The number of hydrogen-bond acceptors (Lipinski definition) is 3. The van der Waals surface area contributed by atoms with Crippen LogP contribution in [0.2, 0.25) is 0 Å². The topological polar surface area (TPSA) is 63.2 Å². The largest absolute Gasteiger partial charge is 0.326 e. The van der Waals surface area contributed by atoms with Gasteiger partial charge in [0.25, 0.3) is 0 Å². The predicted molar refractivity (Wildman–Crippen MR) is 70.3 cm³/mol. The first-order valence-electron chi connectivity index (χ1n) is 6.07. The third kappa shape index (κ3) is 2.56. The molecule has 1 amide bonds. The van der Waals surface area contributed by atoms with Crippen molar-refractivity contribution >= 4 is 21.4 Å². The Bertz CT molecular complexity index is 576. The highest BCUT2D eigenvalue weighted by atomic mass is 32.2. The highest BCUT2D eigenvalue weighted by Crippen LogP contribution is 2.27. The summed E-state index contributed by atoms with van der Waals surface area (Å²) < 4.78 is 23.7. The normalized spacial score (nSPS) is 17.3. The van der Waals surface area contributed by atoms with Crippen LogP contribution < -0.4 is 5.32 Å². The molecule has 0 unspecified atom stereocenters. The molecule has 2 rings (SSSR count). The summed E-state index contributed by atoms with van der Waals surface area (Å²) >= 11 is 0. The number of carbonyl (C=O) groups excluding carboxylic acids is 1. The van der Waals surface area contributed by atoms with Crippen LogP contribution in [0.4, 0.5) is 5.69 Å². The highest BCUT2D eigenvalue weighted by molar-refractivity contribution is 7.91. The summed E-state index contributed by atoms with van der Waals surface area (Å²) in [6.45, 7) is 3.64. The zero-order chi connectivity index (χ0) is 13.3. The fourth-order valence-electron chi connectivity index (χ4n) is 2.01. The number of rotatable bonds is 2. The van der Waals surface area contributed by atoms with Crippen LogP contribution in [-0.2, 0) is 21.1 Å². The molecule has 1 aromatic carbocycles. The molecule has 0 radical (unpaired) electrons. The quantitative estimate of drug-likeness (QED) is 0.891. The van der Waals surface area contributed by atoms with E-state index in [1.807, 2.05) is 13.8 Å². The van der Waals surface area contributed by atoms with E-state index in [-0.39, 0.29) is 17.6 Å². The van der Waals surface area contributed by atoms with E-state index in [1.54, 1.807) is 18.2 Å². The van der Waals surface area contributed by atoms with Gasteiger partial charge in [-0.05, 0) is 36.6 Å². The van der Waals surface area contributed by atoms with Crippen LogP contribution in [0, 0.1) is 5.92 Å². The van der Waals surface area contributed by atoms with Crippen molar-refractivity contribution in [3.8, 4) is 0 Å². The molecule has 98 valence electrons. The molecule has 0 saturated carbocycles. The second-order valence-electron chi connectivity index (χ2n) is 4.89. The van der Waals surface area contributed by atoms with E-state index in [0.29, 0.717) is 17.0 Å². The third-order valence-corrected chi connectivity index (χ3v) is 4.94. The summed E-state index contributed by atoms with van der Waals surface area (Å²) in [5, 5.41) is 2.79. The third-order valence-electron chi connectivity index (χ3n) is 3.05. The standard InChI is InChI=1S/C13H17NO3S/c1-9(2)13(15)14-11-5-6-12-10(8-11)4-3-7-18(12,16)17/h5-6,8-9H,3-4,7H2,1-2H3,(H,14,15). The van der Waals surface area contributed by atoms with E-state index in [0.717, 1.165) is 12.0 Å². The maximum atomic E-state index is 11.8. The Kier molecular flexibility index (Phi) is 3.43. The molecular weight excluding hydrogens is 250 g/mol. The summed E-state index contributed by atoms with van der Waals surface area (Å²) in [4.78, 5) is 12.0. The van der Waals surface area contributed by atoms with Gasteiger partial charge in [-0.1, -0.05) is 13.8 Å². The minimum absolute atomic E-state index is 0.0615. The molecule has 0 atom stereocenters. The van der Waals surface area contributed by atoms with Gasteiger partial charge in [-0.3, -0.25) is 4.79 Å². The average Bonchev–Trinajstić information content (AvgIpc) is 2.28. The zero-order valence-electron chi connectivity index (χ0n) is 10.6. The lowest BCUT2D eigenvalue weighted by atomic mass is 10.1. The summed E-state index contributed by atoms with van der Waals surface area (Å²) in [6.07, 6.45) is 1.40. The molecule has 1 N–H and O–H groups in total. The van der Waals surface area contributed by atoms with Gasteiger partial charge in [0, 0.05) is 11.6 Å². The fraction of sp³-hybridized carbons (Fsp3) is 0.462. The first kappa shape index (κ1) is 13.1. The Labute approximate surface area is 107 Å². The predicted octanol–water partition coefficient (Wildman–Crippen LogP) is 2.00. The van der Waals surface area contributed by atoms with E-state index in [1.165, 1.54) is 0 Å². The van der Waals surface area contributed by atoms with Gasteiger partial charge in [-0.15, -0.1) is 0 Å². The van der Waals surface area contributed by atoms with E-state index in [2.05, 4.69) is 5.32 Å². The summed E-state index contributed by atoms with van der Waals surface area (Å²) in [5.41, 5.74) is 1.48. The molecule has 0 aliphatic carbocycles. The minimum Gasteiger partial charge on any atom is -0.326 e. The van der Waals surface area contributed by atoms with Crippen LogP contribution in [0.15, 0.2) is 23.1 Å². The fourth-order valence-corrected chi connectivity index (χ4v) is 3.59. The Hall–Kier alpha value is -1.36. The van der Waals surface area contributed by atoms with Gasteiger partial charge >= 0.3 is 0 Å². The van der Waals surface area contributed by atoms with Crippen molar-refractivity contribution in [3.63, 3.8) is 0 Å². The Morgan fingerprint density at radius 2 is 2.06 bits per heavy atom. The van der Waals surface area contributed by atoms with Crippen LogP contribution in [0.3, 0.4) is 0 Å². The van der Waals surface area contributed by atoms with Gasteiger partial charge in [-0.2, -0.15) is 0 Å². The number of benzene rings is 1. The lowest BCUT2D eigenvalue weighted by Crippen LogP contribution is -2.19. The number of nitrogens with one attached hydrogen (secondary N) is 1. The van der Waals surface area contributed by atoms with E-state index in [4.69, 9.17) is 0 Å². The van der Waals surface area contributed by atoms with Crippen molar-refractivity contribution in [3.05, 3.63) is 23.8 Å². The molecule has 5 heteroatoms. The monoisotopic (exact) mass is 267 g/mol. The molecule has 0 saturated heterocycles. The second-order valence-corrected chi connectivity index (χ2v) is 6.97. The molecule has 4 nitrogen and oxygen atoms in total. The number of anilines is 1. The summed E-state index contributed by atoms with van der Waals surface area (Å²) in [6, 6.07) is 5.02. The van der Waals surface area contributed by atoms with Gasteiger partial charge in [-0.25, -0.2) is 8.42 Å². The summed E-state index contributed by atoms with van der Waals surface area (Å²) in [7, 11) is -3.12. The summed E-state index contributed by atoms with van der Waals surface area (Å²) in [5.74, 6) is 0.0657.